The van der Waals surface area contributed by atoms with Crippen molar-refractivity contribution in [2.24, 2.45) is 5.10 Å². The summed E-state index contributed by atoms with van der Waals surface area (Å²) in [7, 11) is 0. The molecule has 0 bridgehead atoms. The summed E-state index contributed by atoms with van der Waals surface area (Å²) < 4.78 is 15.2. The Morgan fingerprint density at radius 3 is 2.69 bits per heavy atom. The summed E-state index contributed by atoms with van der Waals surface area (Å²) >= 11 is 1.52. The van der Waals surface area contributed by atoms with Gasteiger partial charge in [-0.2, -0.15) is 9.78 Å². The largest absolute Gasteiger partial charge is 0.326 e. The first kappa shape index (κ1) is 16.5. The number of aromatic nitrogens is 3. The van der Waals surface area contributed by atoms with Gasteiger partial charge < -0.3 is 5.32 Å². The Morgan fingerprint density at radius 2 is 1.96 bits per heavy atom. The van der Waals surface area contributed by atoms with Crippen LogP contribution >= 0.6 is 11.8 Å². The zero-order chi connectivity index (χ0) is 18.1. The van der Waals surface area contributed by atoms with Crippen molar-refractivity contribution in [3.8, 4) is 11.4 Å². The number of carbonyl (C=O) groups excluding carboxylic acids is 1. The van der Waals surface area contributed by atoms with E-state index < -0.39 is 0 Å². The predicted molar refractivity (Wildman–Crippen MR) is 98.8 cm³/mol. The summed E-state index contributed by atoms with van der Waals surface area (Å²) in [6.45, 7) is 1.47. The SMILES string of the molecule is CC(=O)Nc1ccc(C2=Nn3c(nnc3-c3cccc(F)c3)SC2)cc1. The van der Waals surface area contributed by atoms with E-state index in [0.717, 1.165) is 17.0 Å². The molecule has 1 aliphatic heterocycles. The number of nitrogens with zero attached hydrogens (tertiary/aromatic N) is 4. The maximum Gasteiger partial charge on any atom is 0.221 e. The smallest absolute Gasteiger partial charge is 0.221 e. The average molecular weight is 367 g/mol. The zero-order valence-corrected chi connectivity index (χ0v) is 14.6. The van der Waals surface area contributed by atoms with Crippen LogP contribution in [0.15, 0.2) is 58.8 Å². The third-order valence-corrected chi connectivity index (χ3v) is 4.72. The maximum atomic E-state index is 13.5. The van der Waals surface area contributed by atoms with Crippen molar-refractivity contribution in [3.63, 3.8) is 0 Å². The molecule has 0 atom stereocenters. The van der Waals surface area contributed by atoms with Crippen LogP contribution in [0.4, 0.5) is 10.1 Å². The molecule has 1 aromatic heterocycles. The van der Waals surface area contributed by atoms with Gasteiger partial charge in [0, 0.05) is 23.9 Å². The lowest BCUT2D eigenvalue weighted by Crippen LogP contribution is -2.14. The highest BCUT2D eigenvalue weighted by molar-refractivity contribution is 7.99. The number of hydrogen-bond donors (Lipinski definition) is 1. The fourth-order valence-electron chi connectivity index (χ4n) is 2.63. The summed E-state index contributed by atoms with van der Waals surface area (Å²) in [5.41, 5.74) is 3.15. The van der Waals surface area contributed by atoms with Crippen molar-refractivity contribution in [2.45, 2.75) is 12.1 Å². The quantitative estimate of drug-likeness (QED) is 0.770. The van der Waals surface area contributed by atoms with Gasteiger partial charge in [-0.1, -0.05) is 36.0 Å². The van der Waals surface area contributed by atoms with Gasteiger partial charge in [0.15, 0.2) is 5.82 Å². The molecule has 1 aliphatic rings. The molecule has 4 rings (SSSR count). The summed E-state index contributed by atoms with van der Waals surface area (Å²) in [4.78, 5) is 11.1. The van der Waals surface area contributed by atoms with Gasteiger partial charge in [-0.3, -0.25) is 4.79 Å². The van der Waals surface area contributed by atoms with Gasteiger partial charge in [-0.25, -0.2) is 4.39 Å². The lowest BCUT2D eigenvalue weighted by Gasteiger charge is -2.14. The summed E-state index contributed by atoms with van der Waals surface area (Å²) in [6, 6.07) is 13.7. The molecule has 1 amide bonds. The number of rotatable bonds is 3. The minimum Gasteiger partial charge on any atom is -0.326 e. The first-order chi connectivity index (χ1) is 12.6. The van der Waals surface area contributed by atoms with Gasteiger partial charge in [-0.15, -0.1) is 10.2 Å². The van der Waals surface area contributed by atoms with Crippen LogP contribution in [0.3, 0.4) is 0 Å². The van der Waals surface area contributed by atoms with E-state index in [1.54, 1.807) is 16.8 Å². The standard InChI is InChI=1S/C18H14FN5OS/c1-11(25)20-15-7-5-12(6-8-15)16-10-26-18-22-21-17(24(18)23-16)13-3-2-4-14(19)9-13/h2-9H,10H2,1H3,(H,20,25). The normalized spacial score (nSPS) is 13.1. The number of benzene rings is 2. The third-order valence-electron chi connectivity index (χ3n) is 3.79. The van der Waals surface area contributed by atoms with Gasteiger partial charge in [0.2, 0.25) is 11.1 Å². The molecule has 2 heterocycles. The molecule has 8 heteroatoms. The van der Waals surface area contributed by atoms with E-state index in [9.17, 15) is 9.18 Å². The Labute approximate surface area is 153 Å². The van der Waals surface area contributed by atoms with E-state index in [0.29, 0.717) is 22.3 Å². The van der Waals surface area contributed by atoms with Crippen molar-refractivity contribution < 1.29 is 9.18 Å². The van der Waals surface area contributed by atoms with E-state index in [-0.39, 0.29) is 11.7 Å². The van der Waals surface area contributed by atoms with Gasteiger partial charge in [0.1, 0.15) is 5.82 Å². The molecule has 0 unspecified atom stereocenters. The van der Waals surface area contributed by atoms with Crippen LogP contribution < -0.4 is 5.32 Å². The van der Waals surface area contributed by atoms with Crippen LogP contribution in [0.5, 0.6) is 0 Å². The van der Waals surface area contributed by atoms with Crippen LogP contribution in [0.25, 0.3) is 11.4 Å². The highest BCUT2D eigenvalue weighted by atomic mass is 32.2. The molecule has 0 saturated heterocycles. The number of halogens is 1. The summed E-state index contributed by atoms with van der Waals surface area (Å²) in [5, 5.41) is 16.3. The first-order valence-corrected chi connectivity index (χ1v) is 8.89. The van der Waals surface area contributed by atoms with Crippen molar-refractivity contribution in [3.05, 3.63) is 59.9 Å². The van der Waals surface area contributed by atoms with Crippen LogP contribution in [0.2, 0.25) is 0 Å². The van der Waals surface area contributed by atoms with Gasteiger partial charge in [-0.05, 0) is 29.8 Å². The number of anilines is 1. The molecule has 0 radical (unpaired) electrons. The van der Waals surface area contributed by atoms with E-state index in [2.05, 4.69) is 20.6 Å². The molecule has 130 valence electrons. The Bertz CT molecular complexity index is 1010. The van der Waals surface area contributed by atoms with Crippen LogP contribution in [-0.2, 0) is 4.79 Å². The van der Waals surface area contributed by atoms with Crippen molar-refractivity contribution in [1.82, 2.24) is 14.9 Å². The van der Waals surface area contributed by atoms with Crippen LogP contribution in [0.1, 0.15) is 12.5 Å². The second-order valence-electron chi connectivity index (χ2n) is 5.72. The number of nitrogens with one attached hydrogen (secondary N) is 1. The van der Waals surface area contributed by atoms with Crippen LogP contribution in [0, 0.1) is 5.82 Å². The number of fused-ring (bicyclic) bond motifs is 1. The molecule has 0 fully saturated rings. The van der Waals surface area contributed by atoms with E-state index in [4.69, 9.17) is 0 Å². The molecule has 1 N–H and O–H groups in total. The molecule has 2 aromatic carbocycles. The molecular weight excluding hydrogens is 353 g/mol. The van der Waals surface area contributed by atoms with Crippen molar-refractivity contribution in [2.75, 3.05) is 11.1 Å². The molecule has 0 spiro atoms. The number of carbonyl (C=O) groups is 1. The van der Waals surface area contributed by atoms with Gasteiger partial charge in [0.25, 0.3) is 0 Å². The highest BCUT2D eigenvalue weighted by Crippen LogP contribution is 2.28. The summed E-state index contributed by atoms with van der Waals surface area (Å²) in [6.07, 6.45) is 0. The van der Waals surface area contributed by atoms with Gasteiger partial charge >= 0.3 is 0 Å². The monoisotopic (exact) mass is 367 g/mol. The fourth-order valence-corrected chi connectivity index (χ4v) is 3.46. The lowest BCUT2D eigenvalue weighted by molar-refractivity contribution is -0.114. The fraction of sp³-hybridized carbons (Fsp3) is 0.111. The van der Waals surface area contributed by atoms with Crippen molar-refractivity contribution >= 4 is 29.1 Å². The molecule has 0 saturated carbocycles. The second-order valence-corrected chi connectivity index (χ2v) is 6.66. The average Bonchev–Trinajstić information content (AvgIpc) is 3.05. The number of amides is 1. The highest BCUT2D eigenvalue weighted by Gasteiger charge is 2.21. The minimum atomic E-state index is -0.332. The Hall–Kier alpha value is -3.00. The minimum absolute atomic E-state index is 0.114. The summed E-state index contributed by atoms with van der Waals surface area (Å²) in [5.74, 6) is 0.707. The Balaban J connectivity index is 1.69. The number of hydrogen-bond acceptors (Lipinski definition) is 5. The maximum absolute atomic E-state index is 13.5. The third kappa shape index (κ3) is 3.23. The first-order valence-electron chi connectivity index (χ1n) is 7.90. The molecular formula is C18H14FN5OS. The zero-order valence-electron chi connectivity index (χ0n) is 13.8. The van der Waals surface area contributed by atoms with Gasteiger partial charge in [0.05, 0.1) is 5.71 Å². The lowest BCUT2D eigenvalue weighted by atomic mass is 10.1. The second kappa shape index (κ2) is 6.72. The predicted octanol–water partition coefficient (Wildman–Crippen LogP) is 3.40. The molecule has 3 aromatic rings. The Morgan fingerprint density at radius 1 is 1.15 bits per heavy atom. The van der Waals surface area contributed by atoms with E-state index in [1.807, 2.05) is 24.3 Å². The molecule has 0 aliphatic carbocycles. The van der Waals surface area contributed by atoms with E-state index in [1.165, 1.54) is 30.8 Å². The number of thioether (sulfide) groups is 1. The van der Waals surface area contributed by atoms with Crippen molar-refractivity contribution in [1.29, 1.82) is 0 Å². The van der Waals surface area contributed by atoms with Crippen LogP contribution in [-0.4, -0.2) is 32.2 Å². The molecule has 26 heavy (non-hydrogen) atoms. The van der Waals surface area contributed by atoms with E-state index >= 15 is 0 Å². The molecule has 6 nitrogen and oxygen atoms in total. The Kier molecular flexibility index (Phi) is 4.26. The topological polar surface area (TPSA) is 72.2 Å².